The number of aromatic nitrogens is 2. The van der Waals surface area contributed by atoms with E-state index in [0.717, 1.165) is 33.7 Å². The fourth-order valence-electron chi connectivity index (χ4n) is 4.86. The number of pyridine rings is 1. The van der Waals surface area contributed by atoms with Crippen molar-refractivity contribution in [2.24, 2.45) is 0 Å². The third kappa shape index (κ3) is 6.35. The van der Waals surface area contributed by atoms with Crippen LogP contribution in [0.3, 0.4) is 0 Å². The van der Waals surface area contributed by atoms with Gasteiger partial charge in [-0.1, -0.05) is 54.6 Å². The van der Waals surface area contributed by atoms with Crippen LogP contribution in [0, 0.1) is 0 Å². The van der Waals surface area contributed by atoms with Crippen LogP contribution in [0.25, 0.3) is 21.8 Å². The maximum atomic E-state index is 13.7. The first-order chi connectivity index (χ1) is 19.5. The first-order valence-electron chi connectivity index (χ1n) is 13.2. The molecule has 2 atom stereocenters. The molecule has 0 fully saturated rings. The van der Waals surface area contributed by atoms with Gasteiger partial charge in [0.2, 0.25) is 5.91 Å². The summed E-state index contributed by atoms with van der Waals surface area (Å²) in [6.45, 7) is 0. The molecule has 8 heteroatoms. The molecule has 0 radical (unpaired) electrons. The first kappa shape index (κ1) is 26.6. The second-order valence-electron chi connectivity index (χ2n) is 9.80. The van der Waals surface area contributed by atoms with Crippen LogP contribution in [0.4, 0.5) is 0 Å². The number of aldehydes is 1. The van der Waals surface area contributed by atoms with E-state index in [1.807, 2.05) is 60.8 Å². The number of amides is 2. The van der Waals surface area contributed by atoms with Crippen molar-refractivity contribution in [3.8, 4) is 5.75 Å². The highest BCUT2D eigenvalue weighted by Gasteiger charge is 2.25. The molecular weight excluding hydrogens is 504 g/mol. The van der Waals surface area contributed by atoms with E-state index < -0.39 is 11.9 Å². The summed E-state index contributed by atoms with van der Waals surface area (Å²) in [6, 6.07) is 24.2. The summed E-state index contributed by atoms with van der Waals surface area (Å²) in [5.41, 5.74) is 3.69. The molecule has 5 rings (SSSR count). The number of nitrogens with one attached hydrogen (secondary N) is 3. The molecule has 2 heterocycles. The standard InChI is InChI=1S/C32H30N4O4/c37-17-5-7-24(19-23-20-33-28-10-4-2-8-26(23)28)34-32(40)30(18-21-11-14-25(38)15-12-21)36-31(39)29-16-13-22-6-1-3-9-27(22)35-29/h1-4,6,8-17,20,24,30,33,38H,5,7,18-19H2,(H,34,40)(H,36,39)/t24-,30+/m1/s1. The Morgan fingerprint density at radius 1 is 0.900 bits per heavy atom. The van der Waals surface area contributed by atoms with E-state index in [1.54, 1.807) is 30.3 Å². The molecule has 2 aromatic heterocycles. The number of nitrogens with zero attached hydrogens (tertiary/aromatic N) is 1. The number of aromatic amines is 1. The van der Waals surface area contributed by atoms with E-state index >= 15 is 0 Å². The van der Waals surface area contributed by atoms with Gasteiger partial charge in [-0.25, -0.2) is 4.98 Å². The zero-order valence-corrected chi connectivity index (χ0v) is 21.8. The Labute approximate surface area is 231 Å². The maximum Gasteiger partial charge on any atom is 0.270 e. The van der Waals surface area contributed by atoms with Crippen molar-refractivity contribution >= 4 is 39.9 Å². The highest BCUT2D eigenvalue weighted by molar-refractivity contribution is 5.98. The normalized spacial score (nSPS) is 12.6. The van der Waals surface area contributed by atoms with Gasteiger partial charge in [-0.05, 0) is 54.3 Å². The summed E-state index contributed by atoms with van der Waals surface area (Å²) in [5, 5.41) is 17.6. The van der Waals surface area contributed by atoms with Gasteiger partial charge < -0.3 is 25.5 Å². The Balaban J connectivity index is 1.37. The lowest BCUT2D eigenvalue weighted by Gasteiger charge is -2.23. The molecule has 2 amide bonds. The van der Waals surface area contributed by atoms with Gasteiger partial charge >= 0.3 is 0 Å². The molecular formula is C32H30N4O4. The molecule has 0 aliphatic heterocycles. The number of hydrogen-bond acceptors (Lipinski definition) is 5. The highest BCUT2D eigenvalue weighted by atomic mass is 16.3. The van der Waals surface area contributed by atoms with Crippen LogP contribution in [0.1, 0.15) is 34.5 Å². The third-order valence-electron chi connectivity index (χ3n) is 6.95. The van der Waals surface area contributed by atoms with E-state index in [9.17, 15) is 19.5 Å². The van der Waals surface area contributed by atoms with Crippen molar-refractivity contribution in [1.29, 1.82) is 0 Å². The summed E-state index contributed by atoms with van der Waals surface area (Å²) in [4.78, 5) is 45.9. The number of phenolic OH excluding ortho intramolecular Hbond substituents is 1. The minimum atomic E-state index is -0.910. The van der Waals surface area contributed by atoms with E-state index in [0.29, 0.717) is 24.8 Å². The number of carbonyl (C=O) groups excluding carboxylic acids is 3. The van der Waals surface area contributed by atoms with E-state index in [4.69, 9.17) is 0 Å². The number of fused-ring (bicyclic) bond motifs is 2. The van der Waals surface area contributed by atoms with Crippen LogP contribution < -0.4 is 10.6 Å². The summed E-state index contributed by atoms with van der Waals surface area (Å²) < 4.78 is 0. The molecule has 0 saturated heterocycles. The number of rotatable bonds is 11. The minimum Gasteiger partial charge on any atom is -0.508 e. The average Bonchev–Trinajstić information content (AvgIpc) is 3.39. The Bertz CT molecular complexity index is 1640. The first-order valence-corrected chi connectivity index (χ1v) is 13.2. The van der Waals surface area contributed by atoms with Gasteiger partial charge in [-0.2, -0.15) is 0 Å². The Morgan fingerprint density at radius 3 is 2.50 bits per heavy atom. The van der Waals surface area contributed by atoms with E-state index in [-0.39, 0.29) is 29.8 Å². The van der Waals surface area contributed by atoms with Crippen LogP contribution in [-0.4, -0.2) is 45.3 Å². The lowest BCUT2D eigenvalue weighted by Crippen LogP contribution is -2.51. The molecule has 5 aromatic rings. The number of para-hydroxylation sites is 2. The topological polar surface area (TPSA) is 124 Å². The molecule has 0 spiro atoms. The number of phenols is 1. The van der Waals surface area contributed by atoms with E-state index in [2.05, 4.69) is 20.6 Å². The number of H-pyrrole nitrogens is 1. The molecule has 0 saturated carbocycles. The van der Waals surface area contributed by atoms with Crippen LogP contribution in [0.5, 0.6) is 5.75 Å². The van der Waals surface area contributed by atoms with Gasteiger partial charge in [0.1, 0.15) is 23.8 Å². The van der Waals surface area contributed by atoms with Gasteiger partial charge in [-0.3, -0.25) is 9.59 Å². The second-order valence-corrected chi connectivity index (χ2v) is 9.80. The predicted molar refractivity (Wildman–Crippen MR) is 154 cm³/mol. The summed E-state index contributed by atoms with van der Waals surface area (Å²) >= 11 is 0. The zero-order valence-electron chi connectivity index (χ0n) is 21.8. The van der Waals surface area contributed by atoms with Crippen molar-refractivity contribution in [2.45, 2.75) is 37.8 Å². The number of carbonyl (C=O) groups is 3. The zero-order chi connectivity index (χ0) is 27.9. The smallest absolute Gasteiger partial charge is 0.270 e. The average molecular weight is 535 g/mol. The quantitative estimate of drug-likeness (QED) is 0.186. The minimum absolute atomic E-state index is 0.113. The van der Waals surface area contributed by atoms with Crippen molar-refractivity contribution < 1.29 is 19.5 Å². The Hall–Kier alpha value is -4.98. The van der Waals surface area contributed by atoms with E-state index in [1.165, 1.54) is 0 Å². The summed E-state index contributed by atoms with van der Waals surface area (Å²) in [5.74, 6) is -0.717. The maximum absolute atomic E-state index is 13.7. The lowest BCUT2D eigenvalue weighted by molar-refractivity contribution is -0.124. The fraction of sp³-hybridized carbons (Fsp3) is 0.188. The number of benzene rings is 3. The van der Waals surface area contributed by atoms with Gasteiger partial charge in [0.25, 0.3) is 5.91 Å². The molecule has 0 aliphatic rings. The molecule has 40 heavy (non-hydrogen) atoms. The van der Waals surface area contributed by atoms with Gasteiger partial charge in [-0.15, -0.1) is 0 Å². The summed E-state index contributed by atoms with van der Waals surface area (Å²) in [7, 11) is 0. The molecule has 8 nitrogen and oxygen atoms in total. The molecule has 3 aromatic carbocycles. The molecule has 0 bridgehead atoms. The van der Waals surface area contributed by atoms with Crippen LogP contribution >= 0.6 is 0 Å². The van der Waals surface area contributed by atoms with Crippen LogP contribution in [0.15, 0.2) is 91.1 Å². The molecule has 4 N–H and O–H groups in total. The highest BCUT2D eigenvalue weighted by Crippen LogP contribution is 2.20. The largest absolute Gasteiger partial charge is 0.508 e. The second kappa shape index (κ2) is 12.3. The Kier molecular flexibility index (Phi) is 8.15. The number of hydrogen-bond donors (Lipinski definition) is 4. The van der Waals surface area contributed by atoms with Gasteiger partial charge in [0.15, 0.2) is 0 Å². The molecule has 202 valence electrons. The SMILES string of the molecule is O=CCC[C@H](Cc1c[nH]c2ccccc12)NC(=O)[C@H](Cc1ccc(O)cc1)NC(=O)c1ccc2ccccc2n1. The van der Waals surface area contributed by atoms with Crippen LogP contribution in [0.2, 0.25) is 0 Å². The fourth-order valence-corrected chi connectivity index (χ4v) is 4.86. The van der Waals surface area contributed by atoms with Crippen molar-refractivity contribution in [1.82, 2.24) is 20.6 Å². The Morgan fingerprint density at radius 2 is 1.68 bits per heavy atom. The van der Waals surface area contributed by atoms with Gasteiger partial charge in [0.05, 0.1) is 5.52 Å². The predicted octanol–water partition coefficient (Wildman–Crippen LogP) is 4.47. The number of aromatic hydroxyl groups is 1. The lowest BCUT2D eigenvalue weighted by atomic mass is 9.99. The molecule has 0 unspecified atom stereocenters. The van der Waals surface area contributed by atoms with Gasteiger partial charge in [0, 0.05) is 41.4 Å². The summed E-state index contributed by atoms with van der Waals surface area (Å²) in [6.07, 6.45) is 4.25. The van der Waals surface area contributed by atoms with Crippen molar-refractivity contribution in [3.63, 3.8) is 0 Å². The molecule has 0 aliphatic carbocycles. The van der Waals surface area contributed by atoms with Crippen molar-refractivity contribution in [3.05, 3.63) is 108 Å². The monoisotopic (exact) mass is 534 g/mol. The third-order valence-corrected chi connectivity index (χ3v) is 6.95. The van der Waals surface area contributed by atoms with Crippen LogP contribution in [-0.2, 0) is 22.4 Å². The van der Waals surface area contributed by atoms with Crippen molar-refractivity contribution in [2.75, 3.05) is 0 Å².